The number of nitrogens with zero attached hydrogens (tertiary/aromatic N) is 2. The Hall–Kier alpha value is -4.23. The van der Waals surface area contributed by atoms with Gasteiger partial charge in [0.2, 0.25) is 0 Å². The molecule has 1 heterocycles. The number of hydrogen-bond donors (Lipinski definition) is 5. The number of nitrogens with one attached hydrogen (secondary N) is 4. The first-order valence-corrected chi connectivity index (χ1v) is 13.6. The molecule has 1 fully saturated rings. The standard InChI is InChI=1S/C30H36N6O4/c1-18(35-17-26(32)36-12-4-5-23(36)16-31)15-30(29(39)40)24-10-8-21(27(37)33-2)13-19(24)6-7-20-14-22(28(38)34-3)9-11-25(20)30/h8-11,13-14,18,23,32,35H,4-7,12,15,17H2,1-3H3,(H,33,37)(H,34,38)(H,39,40)/t18-,23?/m1/s1. The van der Waals surface area contributed by atoms with Gasteiger partial charge in [-0.1, -0.05) is 12.1 Å². The fourth-order valence-corrected chi connectivity index (χ4v) is 6.08. The molecule has 1 aliphatic carbocycles. The summed E-state index contributed by atoms with van der Waals surface area (Å²) >= 11 is 0. The predicted molar refractivity (Wildman–Crippen MR) is 151 cm³/mol. The lowest BCUT2D eigenvalue weighted by molar-refractivity contribution is -0.142. The van der Waals surface area contributed by atoms with Gasteiger partial charge in [0, 0.05) is 37.8 Å². The van der Waals surface area contributed by atoms with Crippen molar-refractivity contribution in [2.24, 2.45) is 0 Å². The first-order valence-electron chi connectivity index (χ1n) is 13.6. The van der Waals surface area contributed by atoms with Gasteiger partial charge in [0.25, 0.3) is 11.8 Å². The number of carboxylic acids is 1. The number of aliphatic carboxylic acids is 1. The molecule has 5 N–H and O–H groups in total. The fraction of sp³-hybridized carbons (Fsp3) is 0.433. The quantitative estimate of drug-likeness (QED) is 0.252. The van der Waals surface area contributed by atoms with Crippen molar-refractivity contribution in [2.45, 2.75) is 56.5 Å². The zero-order valence-corrected chi connectivity index (χ0v) is 23.1. The number of amides is 2. The lowest BCUT2D eigenvalue weighted by Gasteiger charge is -2.35. The Bertz CT molecular complexity index is 1310. The van der Waals surface area contributed by atoms with E-state index < -0.39 is 11.4 Å². The average molecular weight is 545 g/mol. The van der Waals surface area contributed by atoms with Gasteiger partial charge in [-0.25, -0.2) is 0 Å². The minimum absolute atomic E-state index is 0.177. The number of rotatable bonds is 8. The molecule has 0 aromatic heterocycles. The number of hydrogen-bond acceptors (Lipinski definition) is 6. The Labute approximate surface area is 234 Å². The molecular formula is C30H36N6O4. The summed E-state index contributed by atoms with van der Waals surface area (Å²) in [6, 6.07) is 11.9. The van der Waals surface area contributed by atoms with Gasteiger partial charge in [-0.3, -0.25) is 19.8 Å². The molecule has 40 heavy (non-hydrogen) atoms. The second-order valence-corrected chi connectivity index (χ2v) is 10.5. The second kappa shape index (κ2) is 11.9. The van der Waals surface area contributed by atoms with Crippen LogP contribution in [0.3, 0.4) is 0 Å². The van der Waals surface area contributed by atoms with E-state index in [2.05, 4.69) is 22.0 Å². The number of fused-ring (bicyclic) bond motifs is 2. The molecule has 0 radical (unpaired) electrons. The smallest absolute Gasteiger partial charge is 0.318 e. The van der Waals surface area contributed by atoms with Crippen LogP contribution in [0.5, 0.6) is 0 Å². The number of aryl methyl sites for hydroxylation is 2. The third-order valence-electron chi connectivity index (χ3n) is 8.12. The molecule has 2 aliphatic rings. The van der Waals surface area contributed by atoms with Crippen molar-refractivity contribution in [3.05, 3.63) is 69.8 Å². The van der Waals surface area contributed by atoms with Gasteiger partial charge in [-0.15, -0.1) is 0 Å². The van der Waals surface area contributed by atoms with E-state index in [1.807, 2.05) is 6.92 Å². The monoisotopic (exact) mass is 544 g/mol. The highest BCUT2D eigenvalue weighted by Crippen LogP contribution is 2.44. The maximum absolute atomic E-state index is 13.4. The van der Waals surface area contributed by atoms with Gasteiger partial charge >= 0.3 is 5.97 Å². The molecule has 2 amide bonds. The van der Waals surface area contributed by atoms with E-state index in [9.17, 15) is 24.8 Å². The van der Waals surface area contributed by atoms with Crippen LogP contribution >= 0.6 is 0 Å². The zero-order chi connectivity index (χ0) is 29.0. The molecule has 2 aromatic carbocycles. The minimum Gasteiger partial charge on any atom is -0.480 e. The summed E-state index contributed by atoms with van der Waals surface area (Å²) in [5.41, 5.74) is 2.23. The highest BCUT2D eigenvalue weighted by Gasteiger charge is 2.47. The van der Waals surface area contributed by atoms with Crippen LogP contribution in [0.15, 0.2) is 36.4 Å². The molecule has 1 aliphatic heterocycles. The van der Waals surface area contributed by atoms with Crippen LogP contribution in [0.4, 0.5) is 0 Å². The van der Waals surface area contributed by atoms with Gasteiger partial charge < -0.3 is 26.0 Å². The Kier molecular flexibility index (Phi) is 8.55. The summed E-state index contributed by atoms with van der Waals surface area (Å²) < 4.78 is 0. The third kappa shape index (κ3) is 5.29. The molecule has 2 aromatic rings. The van der Waals surface area contributed by atoms with Crippen LogP contribution in [0.25, 0.3) is 0 Å². The van der Waals surface area contributed by atoms with E-state index >= 15 is 0 Å². The van der Waals surface area contributed by atoms with Crippen molar-refractivity contribution in [3.63, 3.8) is 0 Å². The van der Waals surface area contributed by atoms with Crippen LogP contribution in [-0.4, -0.2) is 72.9 Å². The first-order chi connectivity index (χ1) is 19.2. The van der Waals surface area contributed by atoms with Crippen LogP contribution in [0, 0.1) is 16.7 Å². The number of nitriles is 1. The number of amidine groups is 1. The van der Waals surface area contributed by atoms with Gasteiger partial charge in [0.15, 0.2) is 0 Å². The third-order valence-corrected chi connectivity index (χ3v) is 8.12. The van der Waals surface area contributed by atoms with E-state index in [1.54, 1.807) is 55.4 Å². The molecule has 1 saturated heterocycles. The Morgan fingerprint density at radius 2 is 1.62 bits per heavy atom. The maximum Gasteiger partial charge on any atom is 0.318 e. The highest BCUT2D eigenvalue weighted by atomic mass is 16.4. The van der Waals surface area contributed by atoms with Crippen molar-refractivity contribution in [1.82, 2.24) is 20.9 Å². The van der Waals surface area contributed by atoms with Crippen LogP contribution < -0.4 is 16.0 Å². The average Bonchev–Trinajstić information content (AvgIpc) is 3.40. The summed E-state index contributed by atoms with van der Waals surface area (Å²) in [4.78, 5) is 40.0. The molecule has 210 valence electrons. The number of carbonyl (C=O) groups is 3. The Morgan fingerprint density at radius 3 is 2.10 bits per heavy atom. The van der Waals surface area contributed by atoms with E-state index in [0.29, 0.717) is 47.5 Å². The SMILES string of the molecule is CNC(=O)c1ccc2c(c1)CCc1cc(C(=O)NC)ccc1C2(C[C@@H](C)NCC(=N)N1CCCC1C#N)C(=O)O. The number of carboxylic acid groups (broad SMARTS) is 1. The topological polar surface area (TPSA) is 158 Å². The summed E-state index contributed by atoms with van der Waals surface area (Å²) in [6.45, 7) is 2.76. The molecule has 1 unspecified atom stereocenters. The van der Waals surface area contributed by atoms with E-state index in [-0.39, 0.29) is 36.9 Å². The zero-order valence-electron chi connectivity index (χ0n) is 23.1. The van der Waals surface area contributed by atoms with Crippen LogP contribution in [-0.2, 0) is 23.1 Å². The van der Waals surface area contributed by atoms with Crippen LogP contribution in [0.2, 0.25) is 0 Å². The molecule has 0 spiro atoms. The lowest BCUT2D eigenvalue weighted by Crippen LogP contribution is -2.47. The molecule has 10 heteroatoms. The van der Waals surface area contributed by atoms with Gasteiger partial charge in [0.05, 0.1) is 12.6 Å². The summed E-state index contributed by atoms with van der Waals surface area (Å²) in [6.07, 6.45) is 2.80. The van der Waals surface area contributed by atoms with Gasteiger partial charge in [-0.05, 0) is 85.5 Å². The molecule has 0 saturated carbocycles. The van der Waals surface area contributed by atoms with Crippen molar-refractivity contribution in [1.29, 1.82) is 10.7 Å². The largest absolute Gasteiger partial charge is 0.480 e. The van der Waals surface area contributed by atoms with E-state index in [1.165, 1.54) is 0 Å². The summed E-state index contributed by atoms with van der Waals surface area (Å²) in [5.74, 6) is -1.21. The molecule has 2 atom stereocenters. The summed E-state index contributed by atoms with van der Waals surface area (Å²) in [7, 11) is 3.11. The van der Waals surface area contributed by atoms with Crippen LogP contribution in [0.1, 0.15) is 69.2 Å². The predicted octanol–water partition coefficient (Wildman–Crippen LogP) is 2.21. The minimum atomic E-state index is -1.46. The second-order valence-electron chi connectivity index (χ2n) is 10.5. The molecule has 0 bridgehead atoms. The maximum atomic E-state index is 13.4. The van der Waals surface area contributed by atoms with Crippen molar-refractivity contribution in [2.75, 3.05) is 27.2 Å². The van der Waals surface area contributed by atoms with E-state index in [0.717, 1.165) is 24.0 Å². The molecule has 10 nitrogen and oxygen atoms in total. The number of likely N-dealkylation sites (tertiary alicyclic amines) is 1. The van der Waals surface area contributed by atoms with Crippen molar-refractivity contribution >= 4 is 23.6 Å². The molecule has 4 rings (SSSR count). The van der Waals surface area contributed by atoms with E-state index in [4.69, 9.17) is 5.41 Å². The summed E-state index contributed by atoms with van der Waals surface area (Å²) in [5, 5.41) is 37.4. The highest BCUT2D eigenvalue weighted by molar-refractivity contribution is 5.96. The molecular weight excluding hydrogens is 508 g/mol. The fourth-order valence-electron chi connectivity index (χ4n) is 6.08. The van der Waals surface area contributed by atoms with Crippen molar-refractivity contribution in [3.8, 4) is 6.07 Å². The Morgan fingerprint density at radius 1 is 1.07 bits per heavy atom. The first kappa shape index (κ1) is 28.8. The van der Waals surface area contributed by atoms with Gasteiger partial charge in [-0.2, -0.15) is 5.26 Å². The Balaban J connectivity index is 1.75. The normalized spacial score (nSPS) is 17.9. The number of carbonyl (C=O) groups excluding carboxylic acids is 2. The van der Waals surface area contributed by atoms with Crippen molar-refractivity contribution < 1.29 is 19.5 Å². The lowest BCUT2D eigenvalue weighted by atomic mass is 9.68. The van der Waals surface area contributed by atoms with Gasteiger partial charge in [0.1, 0.15) is 17.3 Å². The number of benzene rings is 2.